The van der Waals surface area contributed by atoms with Crippen LogP contribution in [-0.4, -0.2) is 5.78 Å². The van der Waals surface area contributed by atoms with Crippen LogP contribution in [0.15, 0.2) is 46.9 Å². The topological polar surface area (TPSA) is 70.1 Å². The van der Waals surface area contributed by atoms with E-state index in [-0.39, 0.29) is 27.9 Å². The van der Waals surface area contributed by atoms with Crippen molar-refractivity contribution >= 4 is 34.4 Å². The molecule has 32 heavy (non-hydrogen) atoms. The third-order valence-corrected chi connectivity index (χ3v) is 7.12. The Hall–Kier alpha value is -2.76. The van der Waals surface area contributed by atoms with Crippen LogP contribution < -0.4 is 10.6 Å². The lowest BCUT2D eigenvalue weighted by Gasteiger charge is -2.40. The van der Waals surface area contributed by atoms with Gasteiger partial charge in [0, 0.05) is 27.4 Å². The predicted octanol–water partition coefficient (Wildman–Crippen LogP) is 6.34. The number of allylic oxidation sites excluding steroid dienone is 3. The van der Waals surface area contributed by atoms with Crippen LogP contribution in [-0.2, 0) is 11.0 Å². The van der Waals surface area contributed by atoms with Gasteiger partial charge in [-0.1, -0.05) is 11.6 Å². The Morgan fingerprint density at radius 2 is 1.97 bits per heavy atom. The highest BCUT2D eigenvalue weighted by molar-refractivity contribution is 7.12. The van der Waals surface area contributed by atoms with Crippen molar-refractivity contribution in [2.45, 2.75) is 45.2 Å². The smallest absolute Gasteiger partial charge is 0.384 e. The van der Waals surface area contributed by atoms with Gasteiger partial charge in [-0.2, -0.15) is 18.4 Å². The van der Waals surface area contributed by atoms with Crippen LogP contribution in [0.1, 0.15) is 46.1 Å². The van der Waals surface area contributed by atoms with Crippen LogP contribution in [0.3, 0.4) is 0 Å². The molecule has 2 aromatic rings. The number of thiophene rings is 1. The molecule has 2 N–H and O–H groups in total. The van der Waals surface area contributed by atoms with Crippen LogP contribution in [0.2, 0.25) is 5.02 Å². The Kier molecular flexibility index (Phi) is 5.60. The number of aryl methyl sites for hydroxylation is 2. The Labute approximate surface area is 192 Å². The maximum Gasteiger partial charge on any atom is 0.416 e. The molecule has 1 aliphatic heterocycles. The van der Waals surface area contributed by atoms with E-state index in [0.717, 1.165) is 33.5 Å². The van der Waals surface area contributed by atoms with Gasteiger partial charge in [0.2, 0.25) is 0 Å². The van der Waals surface area contributed by atoms with Crippen molar-refractivity contribution in [3.8, 4) is 6.07 Å². The number of halogens is 4. The minimum absolute atomic E-state index is 0.00423. The molecule has 1 aliphatic carbocycles. The molecule has 166 valence electrons. The lowest BCUT2D eigenvalue weighted by molar-refractivity contribution is -0.137. The predicted molar refractivity (Wildman–Crippen MR) is 118 cm³/mol. The summed E-state index contributed by atoms with van der Waals surface area (Å²) in [5.74, 6) is -0.781. The zero-order valence-corrected chi connectivity index (χ0v) is 18.9. The van der Waals surface area contributed by atoms with E-state index in [1.165, 1.54) is 4.90 Å². The SMILES string of the molecule is Cc1cc(C2C(C#N)=C(N)N(c3cc(C(F)(F)F)ccc3Cl)C3=C2C(=O)CCC3)c(C)s1. The lowest BCUT2D eigenvalue weighted by atomic mass is 9.75. The zero-order valence-electron chi connectivity index (χ0n) is 17.3. The third-order valence-electron chi connectivity index (χ3n) is 5.82. The summed E-state index contributed by atoms with van der Waals surface area (Å²) in [6, 6.07) is 7.02. The van der Waals surface area contributed by atoms with Crippen molar-refractivity contribution in [2.24, 2.45) is 5.73 Å². The van der Waals surface area contributed by atoms with E-state index >= 15 is 0 Å². The quantitative estimate of drug-likeness (QED) is 0.547. The summed E-state index contributed by atoms with van der Waals surface area (Å²) in [5, 5.41) is 10.1. The minimum atomic E-state index is -4.58. The van der Waals surface area contributed by atoms with Gasteiger partial charge in [0.25, 0.3) is 0 Å². The monoisotopic (exact) mass is 477 g/mol. The lowest BCUT2D eigenvalue weighted by Crippen LogP contribution is -2.39. The van der Waals surface area contributed by atoms with E-state index in [1.807, 2.05) is 19.9 Å². The minimum Gasteiger partial charge on any atom is -0.384 e. The number of alkyl halides is 3. The summed E-state index contributed by atoms with van der Waals surface area (Å²) in [7, 11) is 0. The highest BCUT2D eigenvalue weighted by Crippen LogP contribution is 2.49. The maximum atomic E-state index is 13.4. The summed E-state index contributed by atoms with van der Waals surface area (Å²) < 4.78 is 40.2. The van der Waals surface area contributed by atoms with Gasteiger partial charge in [-0.25, -0.2) is 0 Å². The first-order chi connectivity index (χ1) is 15.0. The molecule has 4 rings (SSSR count). The van der Waals surface area contributed by atoms with Gasteiger partial charge in [-0.3, -0.25) is 9.69 Å². The molecule has 0 bridgehead atoms. The molecule has 4 nitrogen and oxygen atoms in total. The summed E-state index contributed by atoms with van der Waals surface area (Å²) in [6.45, 7) is 3.86. The number of nitriles is 1. The van der Waals surface area contributed by atoms with Crippen molar-refractivity contribution in [2.75, 3.05) is 4.90 Å². The van der Waals surface area contributed by atoms with Gasteiger partial charge in [0.05, 0.1) is 33.8 Å². The van der Waals surface area contributed by atoms with Gasteiger partial charge in [0.15, 0.2) is 5.78 Å². The van der Waals surface area contributed by atoms with E-state index in [4.69, 9.17) is 17.3 Å². The van der Waals surface area contributed by atoms with E-state index in [9.17, 15) is 23.2 Å². The van der Waals surface area contributed by atoms with Gasteiger partial charge in [0.1, 0.15) is 5.82 Å². The molecule has 1 atom stereocenters. The molecule has 9 heteroatoms. The van der Waals surface area contributed by atoms with Crippen molar-refractivity contribution in [1.82, 2.24) is 0 Å². The first kappa shape index (κ1) is 22.4. The second-order valence-corrected chi connectivity index (χ2v) is 9.72. The molecular weight excluding hydrogens is 459 g/mol. The highest BCUT2D eigenvalue weighted by Gasteiger charge is 2.42. The molecule has 2 heterocycles. The number of Topliss-reactive ketones (excluding diaryl/α,β-unsaturated/α-hetero) is 1. The number of benzene rings is 1. The maximum absolute atomic E-state index is 13.4. The van der Waals surface area contributed by atoms with Crippen LogP contribution >= 0.6 is 22.9 Å². The normalized spacial score (nSPS) is 19.3. The largest absolute Gasteiger partial charge is 0.416 e. The van der Waals surface area contributed by atoms with Crippen molar-refractivity contribution < 1.29 is 18.0 Å². The molecule has 2 aliphatic rings. The third kappa shape index (κ3) is 3.59. The molecule has 0 radical (unpaired) electrons. The van der Waals surface area contributed by atoms with Crippen LogP contribution in [0.5, 0.6) is 0 Å². The van der Waals surface area contributed by atoms with Crippen molar-refractivity contribution in [3.63, 3.8) is 0 Å². The molecule has 1 aromatic carbocycles. The van der Waals surface area contributed by atoms with Crippen molar-refractivity contribution in [1.29, 1.82) is 5.26 Å². The van der Waals surface area contributed by atoms with Crippen LogP contribution in [0.25, 0.3) is 0 Å². The number of hydrogen-bond donors (Lipinski definition) is 1. The Morgan fingerprint density at radius 1 is 1.25 bits per heavy atom. The molecule has 0 saturated heterocycles. The van der Waals surface area contributed by atoms with E-state index in [1.54, 1.807) is 11.3 Å². The number of rotatable bonds is 2. The van der Waals surface area contributed by atoms with Crippen LogP contribution in [0, 0.1) is 25.2 Å². The standard InChI is InChI=1S/C23H19ClF3N3OS/c1-11-8-14(12(2)32-11)20-15(10-28)22(29)30(17-4-3-5-19(31)21(17)20)18-9-13(23(25,26)27)6-7-16(18)24/h6-9,20H,3-5,29H2,1-2H3. The molecule has 0 saturated carbocycles. The molecule has 0 amide bonds. The summed E-state index contributed by atoms with van der Waals surface area (Å²) >= 11 is 7.86. The summed E-state index contributed by atoms with van der Waals surface area (Å²) in [6.07, 6.45) is -3.31. The van der Waals surface area contributed by atoms with Gasteiger partial charge < -0.3 is 5.73 Å². The fraction of sp³-hybridized carbons (Fsp3) is 0.304. The van der Waals surface area contributed by atoms with Gasteiger partial charge >= 0.3 is 6.18 Å². The molecule has 1 aromatic heterocycles. The number of ketones is 1. The van der Waals surface area contributed by atoms with E-state index in [2.05, 4.69) is 6.07 Å². The second-order valence-electron chi connectivity index (χ2n) is 7.85. The second kappa shape index (κ2) is 7.98. The number of nitrogens with two attached hydrogens (primary N) is 1. The summed E-state index contributed by atoms with van der Waals surface area (Å²) in [5.41, 5.74) is 7.42. The zero-order chi connectivity index (χ0) is 23.4. The Balaban J connectivity index is 2.01. The highest BCUT2D eigenvalue weighted by atomic mass is 35.5. The van der Waals surface area contributed by atoms with E-state index in [0.29, 0.717) is 30.5 Å². The average Bonchev–Trinajstić information content (AvgIpc) is 3.05. The van der Waals surface area contributed by atoms with Crippen molar-refractivity contribution in [3.05, 3.63) is 72.8 Å². The first-order valence-corrected chi connectivity index (χ1v) is 11.1. The molecule has 0 fully saturated rings. The number of hydrogen-bond acceptors (Lipinski definition) is 5. The first-order valence-electron chi connectivity index (χ1n) is 9.94. The Morgan fingerprint density at radius 3 is 2.56 bits per heavy atom. The average molecular weight is 478 g/mol. The molecule has 0 spiro atoms. The number of carbonyl (C=O) groups excluding carboxylic acids is 1. The fourth-order valence-electron chi connectivity index (χ4n) is 4.47. The fourth-order valence-corrected chi connectivity index (χ4v) is 5.64. The summed E-state index contributed by atoms with van der Waals surface area (Å²) in [4.78, 5) is 16.5. The van der Waals surface area contributed by atoms with Gasteiger partial charge in [-0.15, -0.1) is 11.3 Å². The molecular formula is C23H19ClF3N3OS. The van der Waals surface area contributed by atoms with E-state index < -0.39 is 17.7 Å². The molecule has 1 unspecified atom stereocenters. The number of nitrogens with zero attached hydrogens (tertiary/aromatic N) is 2. The Bertz CT molecular complexity index is 1240. The van der Waals surface area contributed by atoms with Gasteiger partial charge in [-0.05, 0) is 56.5 Å². The number of carbonyl (C=O) groups is 1. The van der Waals surface area contributed by atoms with Crippen LogP contribution in [0.4, 0.5) is 18.9 Å². The number of anilines is 1.